The fourth-order valence-electron chi connectivity index (χ4n) is 3.57. The number of carbonyl (C=O) groups excluding carboxylic acids is 2. The van der Waals surface area contributed by atoms with Crippen molar-refractivity contribution in [1.29, 1.82) is 0 Å². The van der Waals surface area contributed by atoms with Gasteiger partial charge in [0, 0.05) is 37.7 Å². The highest BCUT2D eigenvalue weighted by Crippen LogP contribution is 2.33. The van der Waals surface area contributed by atoms with Gasteiger partial charge in [-0.3, -0.25) is 9.59 Å². The molecule has 5 nitrogen and oxygen atoms in total. The maximum atomic E-state index is 12.5. The highest BCUT2D eigenvalue weighted by atomic mass is 32.1. The number of hydrogen-bond acceptors (Lipinski definition) is 4. The second-order valence-corrected chi connectivity index (χ2v) is 8.32. The van der Waals surface area contributed by atoms with Crippen molar-refractivity contribution in [2.24, 2.45) is 0 Å². The fourth-order valence-corrected chi connectivity index (χ4v) is 4.70. The van der Waals surface area contributed by atoms with E-state index in [0.717, 1.165) is 42.7 Å². The number of amides is 2. The molecule has 2 heterocycles. The van der Waals surface area contributed by atoms with Crippen LogP contribution in [0.2, 0.25) is 0 Å². The van der Waals surface area contributed by atoms with E-state index in [1.165, 1.54) is 16.6 Å². The molecular formula is C23H23N3O2S. The molecule has 1 aromatic heterocycles. The summed E-state index contributed by atoms with van der Waals surface area (Å²) in [7, 11) is 0. The predicted molar refractivity (Wildman–Crippen MR) is 118 cm³/mol. The third kappa shape index (κ3) is 4.71. The van der Waals surface area contributed by atoms with Gasteiger partial charge in [-0.1, -0.05) is 24.3 Å². The summed E-state index contributed by atoms with van der Waals surface area (Å²) in [6.45, 7) is 2.99. The van der Waals surface area contributed by atoms with Crippen LogP contribution in [0.3, 0.4) is 0 Å². The zero-order valence-electron chi connectivity index (χ0n) is 16.3. The van der Waals surface area contributed by atoms with E-state index in [2.05, 4.69) is 17.4 Å². The van der Waals surface area contributed by atoms with Crippen molar-refractivity contribution < 1.29 is 9.59 Å². The third-order valence-corrected chi connectivity index (χ3v) is 6.31. The van der Waals surface area contributed by atoms with Crippen LogP contribution in [-0.2, 0) is 9.59 Å². The molecule has 1 aliphatic heterocycles. The molecule has 148 valence electrons. The number of piperidine rings is 1. The van der Waals surface area contributed by atoms with Crippen LogP contribution in [0.4, 0.5) is 5.69 Å². The summed E-state index contributed by atoms with van der Waals surface area (Å²) >= 11 is 1.77. The molecule has 0 unspecified atom stereocenters. The first-order valence-electron chi connectivity index (χ1n) is 9.78. The lowest BCUT2D eigenvalue weighted by Gasteiger charge is -2.30. The Balaban J connectivity index is 1.32. The van der Waals surface area contributed by atoms with Gasteiger partial charge in [0.15, 0.2) is 0 Å². The molecule has 2 aromatic carbocycles. The molecule has 29 heavy (non-hydrogen) atoms. The number of para-hydroxylation sites is 1. The lowest BCUT2D eigenvalue weighted by atomic mass is 9.97. The lowest BCUT2D eigenvalue weighted by molar-refractivity contribution is -0.127. The number of hydrogen-bond donors (Lipinski definition) is 1. The number of rotatable bonds is 4. The zero-order valence-corrected chi connectivity index (χ0v) is 17.1. The topological polar surface area (TPSA) is 62.3 Å². The lowest BCUT2D eigenvalue weighted by Crippen LogP contribution is -2.36. The minimum absolute atomic E-state index is 0.0405. The summed E-state index contributed by atoms with van der Waals surface area (Å²) in [5, 5.41) is 3.92. The van der Waals surface area contributed by atoms with Crippen molar-refractivity contribution in [3.05, 3.63) is 65.2 Å². The summed E-state index contributed by atoms with van der Waals surface area (Å²) in [5.41, 5.74) is 2.74. The summed E-state index contributed by atoms with van der Waals surface area (Å²) in [6, 6.07) is 15.7. The van der Waals surface area contributed by atoms with E-state index < -0.39 is 0 Å². The largest absolute Gasteiger partial charge is 0.339 e. The monoisotopic (exact) mass is 405 g/mol. The van der Waals surface area contributed by atoms with Crippen LogP contribution in [-0.4, -0.2) is 34.8 Å². The Morgan fingerprint density at radius 2 is 1.83 bits per heavy atom. The molecule has 0 radical (unpaired) electrons. The van der Waals surface area contributed by atoms with Gasteiger partial charge in [0.25, 0.3) is 0 Å². The number of nitrogens with one attached hydrogen (secondary N) is 1. The van der Waals surface area contributed by atoms with E-state index in [0.29, 0.717) is 5.92 Å². The normalized spacial score (nSPS) is 15.1. The molecule has 6 heteroatoms. The van der Waals surface area contributed by atoms with Crippen LogP contribution >= 0.6 is 11.3 Å². The Kier molecular flexibility index (Phi) is 5.71. The van der Waals surface area contributed by atoms with Gasteiger partial charge in [-0.25, -0.2) is 4.98 Å². The number of fused-ring (bicyclic) bond motifs is 1. The Morgan fingerprint density at radius 3 is 2.52 bits per heavy atom. The average molecular weight is 406 g/mol. The van der Waals surface area contributed by atoms with Gasteiger partial charge in [0.1, 0.15) is 0 Å². The minimum Gasteiger partial charge on any atom is -0.339 e. The van der Waals surface area contributed by atoms with Gasteiger partial charge in [0.05, 0.1) is 15.2 Å². The molecule has 0 spiro atoms. The number of benzene rings is 2. The molecule has 2 amide bonds. The van der Waals surface area contributed by atoms with Crippen molar-refractivity contribution in [3.8, 4) is 0 Å². The molecular weight excluding hydrogens is 382 g/mol. The van der Waals surface area contributed by atoms with Gasteiger partial charge >= 0.3 is 0 Å². The van der Waals surface area contributed by atoms with Gasteiger partial charge in [-0.15, -0.1) is 11.3 Å². The smallest absolute Gasteiger partial charge is 0.246 e. The van der Waals surface area contributed by atoms with E-state index in [1.807, 2.05) is 47.4 Å². The molecule has 1 saturated heterocycles. The molecule has 0 saturated carbocycles. The second kappa shape index (κ2) is 8.57. The molecule has 0 aliphatic carbocycles. The van der Waals surface area contributed by atoms with E-state index in [-0.39, 0.29) is 11.8 Å². The van der Waals surface area contributed by atoms with Crippen molar-refractivity contribution in [1.82, 2.24) is 9.88 Å². The number of nitrogens with zero attached hydrogens (tertiary/aromatic N) is 2. The number of thiazole rings is 1. The van der Waals surface area contributed by atoms with Gasteiger partial charge < -0.3 is 10.2 Å². The minimum atomic E-state index is -0.0993. The van der Waals surface area contributed by atoms with Crippen LogP contribution in [0.5, 0.6) is 0 Å². The number of anilines is 1. The van der Waals surface area contributed by atoms with E-state index in [4.69, 9.17) is 4.98 Å². The van der Waals surface area contributed by atoms with E-state index >= 15 is 0 Å². The molecule has 1 aliphatic rings. The highest BCUT2D eigenvalue weighted by Gasteiger charge is 2.25. The molecule has 0 atom stereocenters. The van der Waals surface area contributed by atoms with Crippen molar-refractivity contribution in [2.45, 2.75) is 25.7 Å². The first kappa shape index (κ1) is 19.3. The Bertz CT molecular complexity index is 1010. The van der Waals surface area contributed by atoms with Crippen molar-refractivity contribution in [3.63, 3.8) is 0 Å². The molecule has 0 bridgehead atoms. The molecule has 1 N–H and O–H groups in total. The van der Waals surface area contributed by atoms with Crippen molar-refractivity contribution >= 4 is 45.1 Å². The first-order chi connectivity index (χ1) is 14.1. The maximum absolute atomic E-state index is 12.5. The zero-order chi connectivity index (χ0) is 20.2. The van der Waals surface area contributed by atoms with Crippen LogP contribution in [0, 0.1) is 0 Å². The van der Waals surface area contributed by atoms with E-state index in [1.54, 1.807) is 17.4 Å². The Hall–Kier alpha value is -2.99. The maximum Gasteiger partial charge on any atom is 0.246 e. The highest BCUT2D eigenvalue weighted by molar-refractivity contribution is 7.18. The van der Waals surface area contributed by atoms with Crippen molar-refractivity contribution in [2.75, 3.05) is 18.4 Å². The average Bonchev–Trinajstić information content (AvgIpc) is 3.17. The van der Waals surface area contributed by atoms with Crippen LogP contribution < -0.4 is 5.32 Å². The van der Waals surface area contributed by atoms with Gasteiger partial charge in [-0.05, 0) is 48.7 Å². The van der Waals surface area contributed by atoms with Gasteiger partial charge in [-0.2, -0.15) is 0 Å². The predicted octanol–water partition coefficient (Wildman–Crippen LogP) is 4.67. The number of likely N-dealkylation sites (tertiary alicyclic amines) is 1. The summed E-state index contributed by atoms with van der Waals surface area (Å²) in [4.78, 5) is 30.3. The first-order valence-corrected chi connectivity index (χ1v) is 10.6. The van der Waals surface area contributed by atoms with Crippen LogP contribution in [0.1, 0.15) is 36.3 Å². The van der Waals surface area contributed by atoms with Crippen LogP contribution in [0.25, 0.3) is 16.3 Å². The number of aromatic nitrogens is 1. The third-order valence-electron chi connectivity index (χ3n) is 5.12. The molecule has 3 aromatic rings. The summed E-state index contributed by atoms with van der Waals surface area (Å²) in [5.74, 6) is 0.373. The quantitative estimate of drug-likeness (QED) is 0.642. The van der Waals surface area contributed by atoms with Gasteiger partial charge in [0.2, 0.25) is 11.8 Å². The molecule has 4 rings (SSSR count). The summed E-state index contributed by atoms with van der Waals surface area (Å²) in [6.07, 6.45) is 5.35. The second-order valence-electron chi connectivity index (χ2n) is 7.26. The number of carbonyl (C=O) groups is 2. The standard InChI is InChI=1S/C23H23N3O2S/c1-16(27)24-19-9-6-17(7-10-19)8-11-22(28)26-14-12-18(13-15-26)23-25-20-4-2-3-5-21(20)29-23/h2-11,18H,12-15H2,1H3,(H,24,27)/b11-8+. The Morgan fingerprint density at radius 1 is 1.10 bits per heavy atom. The van der Waals surface area contributed by atoms with Crippen LogP contribution in [0.15, 0.2) is 54.6 Å². The summed E-state index contributed by atoms with van der Waals surface area (Å²) < 4.78 is 1.23. The SMILES string of the molecule is CC(=O)Nc1ccc(/C=C/C(=O)N2CCC(c3nc4ccccc4s3)CC2)cc1. The Labute approximate surface area is 174 Å². The van der Waals surface area contributed by atoms with E-state index in [9.17, 15) is 9.59 Å². The fraction of sp³-hybridized carbons (Fsp3) is 0.261. The molecule has 1 fully saturated rings.